The van der Waals surface area contributed by atoms with E-state index in [1.807, 2.05) is 35.9 Å². The van der Waals surface area contributed by atoms with Gasteiger partial charge in [-0.05, 0) is 37.9 Å². The van der Waals surface area contributed by atoms with Crippen molar-refractivity contribution in [2.45, 2.75) is 18.9 Å². The molecule has 0 saturated carbocycles. The molecule has 2 bridgehead atoms. The number of amides is 1. The molecule has 0 unspecified atom stereocenters. The molecule has 1 aromatic heterocycles. The monoisotopic (exact) mass is 347 g/mol. The lowest BCUT2D eigenvalue weighted by molar-refractivity contribution is -0.119. The van der Waals surface area contributed by atoms with E-state index in [4.69, 9.17) is 0 Å². The first kappa shape index (κ1) is 17.0. The molecule has 1 N–H and O–H groups in total. The lowest BCUT2D eigenvalue weighted by atomic mass is 9.84. The summed E-state index contributed by atoms with van der Waals surface area (Å²) < 4.78 is 1.89. The van der Waals surface area contributed by atoms with E-state index in [1.54, 1.807) is 6.20 Å². The quantitative estimate of drug-likeness (QED) is 0.682. The minimum atomic E-state index is -0.472. The second-order valence-electron chi connectivity index (χ2n) is 6.72. The first-order valence-electron chi connectivity index (χ1n) is 8.25. The van der Waals surface area contributed by atoms with Crippen LogP contribution in [0.25, 0.3) is 10.9 Å². The number of ketones is 1. The van der Waals surface area contributed by atoms with E-state index in [2.05, 4.69) is 10.2 Å². The number of hydrogen-bond donors (Lipinski definition) is 1. The molecule has 3 fully saturated rings. The summed E-state index contributed by atoms with van der Waals surface area (Å²) in [5.41, 5.74) is 1.45. The van der Waals surface area contributed by atoms with E-state index in [0.717, 1.165) is 43.4 Å². The van der Waals surface area contributed by atoms with Crippen LogP contribution in [-0.4, -0.2) is 46.8 Å². The lowest BCUT2D eigenvalue weighted by Gasteiger charge is -2.44. The van der Waals surface area contributed by atoms with Gasteiger partial charge in [-0.2, -0.15) is 0 Å². The van der Waals surface area contributed by atoms with Crippen LogP contribution in [-0.2, 0) is 11.8 Å². The van der Waals surface area contributed by atoms with Crippen LogP contribution in [0.15, 0.2) is 30.5 Å². The Morgan fingerprint density at radius 3 is 2.54 bits per heavy atom. The number of para-hydroxylation sites is 1. The van der Waals surface area contributed by atoms with Gasteiger partial charge in [-0.1, -0.05) is 18.2 Å². The van der Waals surface area contributed by atoms with Gasteiger partial charge in [0, 0.05) is 36.7 Å². The maximum absolute atomic E-state index is 12.6. The Labute approximate surface area is 147 Å². The molecule has 0 spiro atoms. The molecule has 1 aromatic carbocycles. The number of Topliss-reactive ketones (excluding diaryl/α,β-unsaturated/α-hetero) is 1. The second-order valence-corrected chi connectivity index (χ2v) is 6.72. The first-order valence-corrected chi connectivity index (χ1v) is 8.25. The summed E-state index contributed by atoms with van der Waals surface area (Å²) in [6.07, 6.45) is 3.99. The maximum Gasteiger partial charge on any atom is 0.292 e. The van der Waals surface area contributed by atoms with E-state index < -0.39 is 11.7 Å². The zero-order valence-electron chi connectivity index (χ0n) is 13.7. The summed E-state index contributed by atoms with van der Waals surface area (Å²) in [6, 6.07) is 7.79. The first-order chi connectivity index (χ1) is 11.1. The Morgan fingerprint density at radius 2 is 1.88 bits per heavy atom. The fourth-order valence-corrected chi connectivity index (χ4v) is 4.01. The van der Waals surface area contributed by atoms with Crippen molar-refractivity contribution in [3.05, 3.63) is 36.0 Å². The van der Waals surface area contributed by atoms with Crippen LogP contribution >= 0.6 is 12.4 Å². The Morgan fingerprint density at radius 1 is 1.17 bits per heavy atom. The van der Waals surface area contributed by atoms with E-state index >= 15 is 0 Å². The van der Waals surface area contributed by atoms with Gasteiger partial charge in [-0.3, -0.25) is 9.59 Å². The number of rotatable bonds is 3. The van der Waals surface area contributed by atoms with Gasteiger partial charge in [0.05, 0.1) is 5.56 Å². The highest BCUT2D eigenvalue weighted by Crippen LogP contribution is 2.27. The van der Waals surface area contributed by atoms with Crippen molar-refractivity contribution in [1.82, 2.24) is 14.8 Å². The van der Waals surface area contributed by atoms with Crippen LogP contribution in [0.2, 0.25) is 0 Å². The number of fused-ring (bicyclic) bond motifs is 4. The Bertz CT molecular complexity index is 778. The zero-order chi connectivity index (χ0) is 16.0. The smallest absolute Gasteiger partial charge is 0.292 e. The van der Waals surface area contributed by atoms with Gasteiger partial charge in [0.2, 0.25) is 0 Å². The molecule has 2 aromatic rings. The standard InChI is InChI=1S/C18H21N3O2.ClH/c1-20-10-14(13-4-2-3-5-16(13)20)17(22)18(23)19-15-11-21-8-6-12(15)7-9-21;/h2-5,10,12,15H,6-9,11H2,1H3,(H,19,23);1H/t15-;/m1./s1. The van der Waals surface area contributed by atoms with Gasteiger partial charge in [0.15, 0.2) is 0 Å². The molecule has 0 radical (unpaired) electrons. The molecule has 3 saturated heterocycles. The van der Waals surface area contributed by atoms with Crippen molar-refractivity contribution < 1.29 is 9.59 Å². The van der Waals surface area contributed by atoms with Crippen LogP contribution in [0.4, 0.5) is 0 Å². The molecule has 1 amide bonds. The number of hydrogen-bond acceptors (Lipinski definition) is 3. The van der Waals surface area contributed by atoms with E-state index in [-0.39, 0.29) is 18.4 Å². The minimum Gasteiger partial charge on any atom is -0.350 e. The SMILES string of the molecule is Cl.Cn1cc(C(=O)C(=O)N[C@@H]2CN3CCC2CC3)c2ccccc21. The number of carbonyl (C=O) groups is 2. The molecule has 1 atom stereocenters. The number of benzene rings is 1. The molecule has 3 aliphatic rings. The van der Waals surface area contributed by atoms with Crippen LogP contribution in [0, 0.1) is 5.92 Å². The minimum absolute atomic E-state index is 0. The molecule has 3 aliphatic heterocycles. The molecular weight excluding hydrogens is 326 g/mol. The van der Waals surface area contributed by atoms with Crippen molar-refractivity contribution in [2.75, 3.05) is 19.6 Å². The predicted octanol–water partition coefficient (Wildman–Crippen LogP) is 1.99. The van der Waals surface area contributed by atoms with Gasteiger partial charge in [0.25, 0.3) is 11.7 Å². The third-order valence-electron chi connectivity index (χ3n) is 5.32. The molecule has 24 heavy (non-hydrogen) atoms. The second kappa shape index (κ2) is 6.57. The number of nitrogens with zero attached hydrogens (tertiary/aromatic N) is 2. The normalized spacial score (nSPS) is 25.3. The van der Waals surface area contributed by atoms with Gasteiger partial charge >= 0.3 is 0 Å². The fourth-order valence-electron chi connectivity index (χ4n) is 4.01. The van der Waals surface area contributed by atoms with Gasteiger partial charge < -0.3 is 14.8 Å². The summed E-state index contributed by atoms with van der Waals surface area (Å²) in [6.45, 7) is 3.11. The van der Waals surface area contributed by atoms with Crippen LogP contribution < -0.4 is 5.32 Å². The van der Waals surface area contributed by atoms with Crippen molar-refractivity contribution in [1.29, 1.82) is 0 Å². The number of nitrogens with one attached hydrogen (secondary N) is 1. The summed E-state index contributed by atoms with van der Waals surface area (Å²) in [4.78, 5) is 27.4. The number of carbonyl (C=O) groups excluding carboxylic acids is 2. The summed E-state index contributed by atoms with van der Waals surface area (Å²) >= 11 is 0. The van der Waals surface area contributed by atoms with Crippen LogP contribution in [0.1, 0.15) is 23.2 Å². The molecule has 0 aliphatic carbocycles. The highest BCUT2D eigenvalue weighted by molar-refractivity contribution is 6.45. The van der Waals surface area contributed by atoms with Crippen LogP contribution in [0.3, 0.4) is 0 Å². The Kier molecular flexibility index (Phi) is 4.65. The number of aromatic nitrogens is 1. The van der Waals surface area contributed by atoms with E-state index in [1.165, 1.54) is 0 Å². The summed E-state index contributed by atoms with van der Waals surface area (Å²) in [5, 5.41) is 3.82. The zero-order valence-corrected chi connectivity index (χ0v) is 14.5. The summed E-state index contributed by atoms with van der Waals surface area (Å²) in [7, 11) is 1.89. The third kappa shape index (κ3) is 2.82. The molecule has 6 heteroatoms. The highest BCUT2D eigenvalue weighted by Gasteiger charge is 2.36. The van der Waals surface area contributed by atoms with Crippen LogP contribution in [0.5, 0.6) is 0 Å². The van der Waals surface area contributed by atoms with Gasteiger partial charge in [-0.25, -0.2) is 0 Å². The number of aryl methyl sites for hydroxylation is 1. The molecule has 5 rings (SSSR count). The number of halogens is 1. The van der Waals surface area contributed by atoms with Gasteiger partial charge in [-0.15, -0.1) is 12.4 Å². The average molecular weight is 348 g/mol. The van der Waals surface area contributed by atoms with Crippen molar-refractivity contribution in [3.8, 4) is 0 Å². The van der Waals surface area contributed by atoms with Crippen molar-refractivity contribution in [3.63, 3.8) is 0 Å². The lowest BCUT2D eigenvalue weighted by Crippen LogP contribution is -2.58. The van der Waals surface area contributed by atoms with Crippen molar-refractivity contribution >= 4 is 35.0 Å². The average Bonchev–Trinajstić information content (AvgIpc) is 2.92. The predicted molar refractivity (Wildman–Crippen MR) is 95.6 cm³/mol. The summed E-state index contributed by atoms with van der Waals surface area (Å²) in [5.74, 6) is -0.386. The highest BCUT2D eigenvalue weighted by atomic mass is 35.5. The molecule has 4 heterocycles. The Hall–Kier alpha value is -1.85. The number of piperidine rings is 3. The molecule has 128 valence electrons. The largest absolute Gasteiger partial charge is 0.350 e. The van der Waals surface area contributed by atoms with Crippen molar-refractivity contribution in [2.24, 2.45) is 13.0 Å². The van der Waals surface area contributed by atoms with E-state index in [9.17, 15) is 9.59 Å². The maximum atomic E-state index is 12.6. The topological polar surface area (TPSA) is 54.3 Å². The van der Waals surface area contributed by atoms with Gasteiger partial charge in [0.1, 0.15) is 0 Å². The fraction of sp³-hybridized carbons (Fsp3) is 0.444. The Balaban J connectivity index is 0.00000169. The van der Waals surface area contributed by atoms with E-state index in [0.29, 0.717) is 11.5 Å². The molecular formula is C18H22ClN3O2. The molecule has 5 nitrogen and oxygen atoms in total. The third-order valence-corrected chi connectivity index (χ3v) is 5.32.